The average Bonchev–Trinajstić information content (AvgIpc) is 2.65. The number of carbonyl (C=O) groups is 1. The van der Waals surface area contributed by atoms with E-state index in [9.17, 15) is 4.79 Å². The molecular weight excluding hydrogens is 184 g/mol. The normalized spacial score (nSPS) is 15.8. The molecule has 1 aromatic heterocycles. The largest absolute Gasteiger partial charge is 0.447 e. The van der Waals surface area contributed by atoms with Gasteiger partial charge in [-0.05, 0) is 11.6 Å². The van der Waals surface area contributed by atoms with Gasteiger partial charge in [-0.1, -0.05) is 6.07 Å². The molecule has 2 rings (SSSR count). The Kier molecular flexibility index (Phi) is 2.32. The third-order valence-corrected chi connectivity index (χ3v) is 2.03. The number of rotatable bonds is 2. The predicted octanol–water partition coefficient (Wildman–Crippen LogP) is 0.530. The maximum Gasteiger partial charge on any atom is 0.415 e. The summed E-state index contributed by atoms with van der Waals surface area (Å²) in [6.45, 7) is 0.893. The lowest BCUT2D eigenvalue weighted by Crippen LogP contribution is -2.24. The highest BCUT2D eigenvalue weighted by Gasteiger charge is 2.24. The van der Waals surface area contributed by atoms with Crippen molar-refractivity contribution in [3.05, 3.63) is 23.9 Å². The number of hydrogen-bond acceptors (Lipinski definition) is 4. The lowest BCUT2D eigenvalue weighted by molar-refractivity contribution is 0.181. The fourth-order valence-electron chi connectivity index (χ4n) is 1.27. The predicted molar refractivity (Wildman–Crippen MR) is 48.9 cm³/mol. The first kappa shape index (κ1) is 8.96. The molecule has 0 atom stereocenters. The second-order valence-electron chi connectivity index (χ2n) is 2.95. The molecule has 1 aromatic rings. The van der Waals surface area contributed by atoms with Gasteiger partial charge in [-0.3, -0.25) is 4.90 Å². The van der Waals surface area contributed by atoms with E-state index in [4.69, 9.17) is 9.84 Å². The Morgan fingerprint density at radius 2 is 2.43 bits per heavy atom. The van der Waals surface area contributed by atoms with Gasteiger partial charge in [0.05, 0.1) is 13.2 Å². The number of anilines is 1. The maximum absolute atomic E-state index is 11.1. The molecular formula is C9H10N2O3. The molecule has 0 unspecified atom stereocenters. The number of amides is 1. The van der Waals surface area contributed by atoms with Gasteiger partial charge in [-0.15, -0.1) is 0 Å². The van der Waals surface area contributed by atoms with Gasteiger partial charge in [0.15, 0.2) is 0 Å². The van der Waals surface area contributed by atoms with E-state index in [1.165, 1.54) is 4.90 Å². The summed E-state index contributed by atoms with van der Waals surface area (Å²) >= 11 is 0. The van der Waals surface area contributed by atoms with Crippen molar-refractivity contribution in [2.24, 2.45) is 0 Å². The second-order valence-corrected chi connectivity index (χ2v) is 2.95. The van der Waals surface area contributed by atoms with Crippen LogP contribution in [0, 0.1) is 0 Å². The third-order valence-electron chi connectivity index (χ3n) is 2.03. The summed E-state index contributed by atoms with van der Waals surface area (Å²) in [5.41, 5.74) is 0.723. The van der Waals surface area contributed by atoms with Crippen LogP contribution in [0.1, 0.15) is 5.56 Å². The van der Waals surface area contributed by atoms with Crippen LogP contribution >= 0.6 is 0 Å². The first-order valence-corrected chi connectivity index (χ1v) is 4.31. The molecule has 5 nitrogen and oxygen atoms in total. The molecule has 1 saturated heterocycles. The molecule has 0 saturated carbocycles. The molecule has 1 aliphatic rings. The molecule has 74 valence electrons. The number of aromatic nitrogens is 1. The SMILES string of the molecule is O=C1OCCN1c1ccc(CO)cn1. The number of carbonyl (C=O) groups excluding carboxylic acids is 1. The van der Waals surface area contributed by atoms with E-state index in [1.807, 2.05) is 0 Å². The van der Waals surface area contributed by atoms with Crippen LogP contribution in [0.15, 0.2) is 18.3 Å². The highest BCUT2D eigenvalue weighted by atomic mass is 16.6. The molecule has 5 heteroatoms. The molecule has 0 spiro atoms. The highest BCUT2D eigenvalue weighted by Crippen LogP contribution is 2.15. The van der Waals surface area contributed by atoms with Gasteiger partial charge < -0.3 is 9.84 Å². The lowest BCUT2D eigenvalue weighted by atomic mass is 10.3. The van der Waals surface area contributed by atoms with Gasteiger partial charge in [-0.2, -0.15) is 0 Å². The lowest BCUT2D eigenvalue weighted by Gasteiger charge is -2.10. The first-order valence-electron chi connectivity index (χ1n) is 4.31. The fourth-order valence-corrected chi connectivity index (χ4v) is 1.27. The molecule has 0 bridgehead atoms. The highest BCUT2D eigenvalue weighted by molar-refractivity contribution is 5.87. The molecule has 0 aromatic carbocycles. The summed E-state index contributed by atoms with van der Waals surface area (Å²) in [4.78, 5) is 16.7. The zero-order valence-electron chi connectivity index (χ0n) is 7.51. The Morgan fingerprint density at radius 1 is 1.57 bits per heavy atom. The Morgan fingerprint density at radius 3 is 2.93 bits per heavy atom. The topological polar surface area (TPSA) is 62.7 Å². The van der Waals surface area contributed by atoms with Gasteiger partial charge in [0.1, 0.15) is 12.4 Å². The van der Waals surface area contributed by atoms with Crippen LogP contribution < -0.4 is 4.90 Å². The van der Waals surface area contributed by atoms with Crippen molar-refractivity contribution in [1.29, 1.82) is 0 Å². The van der Waals surface area contributed by atoms with Crippen molar-refractivity contribution >= 4 is 11.9 Å². The standard InChI is InChI=1S/C9H10N2O3/c12-6-7-1-2-8(10-5-7)11-3-4-14-9(11)13/h1-2,5,12H,3-4,6H2. The Bertz CT molecular complexity index is 336. The quantitative estimate of drug-likeness (QED) is 0.746. The van der Waals surface area contributed by atoms with E-state index in [2.05, 4.69) is 4.98 Å². The summed E-state index contributed by atoms with van der Waals surface area (Å²) in [6, 6.07) is 3.42. The summed E-state index contributed by atoms with van der Waals surface area (Å²) in [6.07, 6.45) is 1.18. The summed E-state index contributed by atoms with van der Waals surface area (Å²) in [7, 11) is 0. The zero-order valence-corrected chi connectivity index (χ0v) is 7.51. The van der Waals surface area contributed by atoms with Crippen molar-refractivity contribution < 1.29 is 14.6 Å². The summed E-state index contributed by atoms with van der Waals surface area (Å²) in [5.74, 6) is 0.560. The number of hydrogen-bond donors (Lipinski definition) is 1. The van der Waals surface area contributed by atoms with Crippen molar-refractivity contribution in [1.82, 2.24) is 4.98 Å². The van der Waals surface area contributed by atoms with Crippen LogP contribution in [0.5, 0.6) is 0 Å². The van der Waals surface area contributed by atoms with Gasteiger partial charge in [0.25, 0.3) is 0 Å². The van der Waals surface area contributed by atoms with E-state index < -0.39 is 0 Å². The number of aliphatic hydroxyl groups is 1. The molecule has 0 aliphatic carbocycles. The van der Waals surface area contributed by atoms with E-state index >= 15 is 0 Å². The molecule has 1 fully saturated rings. The minimum atomic E-state index is -0.366. The van der Waals surface area contributed by atoms with Crippen molar-refractivity contribution in [3.63, 3.8) is 0 Å². The van der Waals surface area contributed by atoms with E-state index in [0.717, 1.165) is 5.56 Å². The van der Waals surface area contributed by atoms with Crippen LogP contribution in [0.2, 0.25) is 0 Å². The summed E-state index contributed by atoms with van der Waals surface area (Å²) in [5, 5.41) is 8.80. The van der Waals surface area contributed by atoms with E-state index in [-0.39, 0.29) is 12.7 Å². The second kappa shape index (κ2) is 3.63. The Labute approximate surface area is 80.9 Å². The average molecular weight is 194 g/mol. The van der Waals surface area contributed by atoms with E-state index in [1.54, 1.807) is 18.3 Å². The monoisotopic (exact) mass is 194 g/mol. The smallest absolute Gasteiger partial charge is 0.415 e. The van der Waals surface area contributed by atoms with Crippen LogP contribution in [-0.2, 0) is 11.3 Å². The molecule has 1 aliphatic heterocycles. The maximum atomic E-state index is 11.1. The fraction of sp³-hybridized carbons (Fsp3) is 0.333. The van der Waals surface area contributed by atoms with E-state index in [0.29, 0.717) is 19.0 Å². The molecule has 1 N–H and O–H groups in total. The zero-order chi connectivity index (χ0) is 9.97. The van der Waals surface area contributed by atoms with Crippen molar-refractivity contribution in [3.8, 4) is 0 Å². The minimum Gasteiger partial charge on any atom is -0.447 e. The first-order chi connectivity index (χ1) is 6.81. The Hall–Kier alpha value is -1.62. The number of aliphatic hydroxyl groups excluding tert-OH is 1. The van der Waals surface area contributed by atoms with Gasteiger partial charge in [0, 0.05) is 6.20 Å². The number of ether oxygens (including phenoxy) is 1. The van der Waals surface area contributed by atoms with Gasteiger partial charge >= 0.3 is 6.09 Å². The summed E-state index contributed by atoms with van der Waals surface area (Å²) < 4.78 is 4.77. The molecule has 1 amide bonds. The van der Waals surface area contributed by atoms with Crippen molar-refractivity contribution in [2.75, 3.05) is 18.1 Å². The van der Waals surface area contributed by atoms with Crippen LogP contribution in [0.3, 0.4) is 0 Å². The number of nitrogens with zero attached hydrogens (tertiary/aromatic N) is 2. The van der Waals surface area contributed by atoms with Crippen molar-refractivity contribution in [2.45, 2.75) is 6.61 Å². The molecule has 2 heterocycles. The third kappa shape index (κ3) is 1.54. The van der Waals surface area contributed by atoms with Crippen LogP contribution in [-0.4, -0.2) is 29.3 Å². The van der Waals surface area contributed by atoms with Gasteiger partial charge in [-0.25, -0.2) is 9.78 Å². The molecule has 14 heavy (non-hydrogen) atoms. The molecule has 0 radical (unpaired) electrons. The van der Waals surface area contributed by atoms with Gasteiger partial charge in [0.2, 0.25) is 0 Å². The Balaban J connectivity index is 2.20. The van der Waals surface area contributed by atoms with Crippen LogP contribution in [0.4, 0.5) is 10.6 Å². The minimum absolute atomic E-state index is 0.0439. The number of pyridine rings is 1. The van der Waals surface area contributed by atoms with Crippen LogP contribution in [0.25, 0.3) is 0 Å². The number of cyclic esters (lactones) is 1.